The van der Waals surface area contributed by atoms with Crippen molar-refractivity contribution < 1.29 is 28.5 Å². The normalized spacial score (nSPS) is 15.4. The van der Waals surface area contributed by atoms with Crippen molar-refractivity contribution in [2.45, 2.75) is 57.7 Å². The predicted molar refractivity (Wildman–Crippen MR) is 148 cm³/mol. The number of benzene rings is 1. The van der Waals surface area contributed by atoms with Crippen LogP contribution in [0.1, 0.15) is 55.2 Å². The van der Waals surface area contributed by atoms with E-state index in [1.807, 2.05) is 42.8 Å². The third-order valence-corrected chi connectivity index (χ3v) is 7.84. The van der Waals surface area contributed by atoms with Crippen molar-refractivity contribution in [3.63, 3.8) is 0 Å². The van der Waals surface area contributed by atoms with Gasteiger partial charge in [0.05, 0.1) is 36.6 Å². The SMILES string of the molecule is COc1ccccc1[C@H](Cc1cc(C(C)(C)C(=O)O)c(=O)n2c(C)c(-c3ncco3)n(C)c12)OC1CCOCC1. The summed E-state index contributed by atoms with van der Waals surface area (Å²) in [6.45, 7) is 6.16. The fraction of sp³-hybridized carbons (Fsp3) is 0.433. The Labute approximate surface area is 232 Å². The lowest BCUT2D eigenvalue weighted by Crippen LogP contribution is -2.37. The molecule has 0 radical (unpaired) electrons. The molecule has 3 aromatic heterocycles. The summed E-state index contributed by atoms with van der Waals surface area (Å²) in [4.78, 5) is 30.6. The molecule has 1 aliphatic rings. The van der Waals surface area contributed by atoms with Gasteiger partial charge >= 0.3 is 5.97 Å². The number of aliphatic carboxylic acids is 1. The van der Waals surface area contributed by atoms with Gasteiger partial charge in [0.2, 0.25) is 5.89 Å². The van der Waals surface area contributed by atoms with E-state index in [0.717, 1.165) is 24.0 Å². The lowest BCUT2D eigenvalue weighted by molar-refractivity contribution is -0.142. The summed E-state index contributed by atoms with van der Waals surface area (Å²) < 4.78 is 27.0. The van der Waals surface area contributed by atoms with E-state index < -0.39 is 23.0 Å². The van der Waals surface area contributed by atoms with Crippen LogP contribution >= 0.6 is 0 Å². The largest absolute Gasteiger partial charge is 0.496 e. The number of ether oxygens (including phenoxy) is 3. The zero-order chi connectivity index (χ0) is 28.6. The van der Waals surface area contributed by atoms with Gasteiger partial charge in [-0.2, -0.15) is 0 Å². The molecule has 1 atom stereocenters. The lowest BCUT2D eigenvalue weighted by atomic mass is 9.84. The zero-order valence-corrected chi connectivity index (χ0v) is 23.5. The van der Waals surface area contributed by atoms with Gasteiger partial charge in [-0.05, 0) is 51.3 Å². The van der Waals surface area contributed by atoms with Crippen LogP contribution in [0.5, 0.6) is 5.75 Å². The highest BCUT2D eigenvalue weighted by atomic mass is 16.5. The van der Waals surface area contributed by atoms with Gasteiger partial charge in [0, 0.05) is 37.8 Å². The van der Waals surface area contributed by atoms with E-state index in [9.17, 15) is 14.7 Å². The number of oxazole rings is 1. The molecule has 1 aliphatic heterocycles. The van der Waals surface area contributed by atoms with Crippen LogP contribution in [-0.2, 0) is 33.2 Å². The minimum atomic E-state index is -1.43. The van der Waals surface area contributed by atoms with Crippen molar-refractivity contribution in [2.75, 3.05) is 20.3 Å². The first kappa shape index (κ1) is 27.7. The number of carboxylic acids is 1. The van der Waals surface area contributed by atoms with Gasteiger partial charge in [-0.15, -0.1) is 0 Å². The maximum atomic E-state index is 13.9. The second-order valence-corrected chi connectivity index (χ2v) is 10.7. The van der Waals surface area contributed by atoms with E-state index in [1.165, 1.54) is 6.26 Å². The highest BCUT2D eigenvalue weighted by Gasteiger charge is 2.36. The standard InChI is InChI=1S/C30H35N3O7/c1-18-25(26-31-12-15-39-26)32(4)27-19(16-22(28(34)33(18)27)30(2,3)29(35)36)17-24(40-20-10-13-38-14-11-20)21-8-6-7-9-23(21)37-5/h6-9,12,15-16,20,24H,10-11,13-14,17H2,1-5H3,(H,35,36)/t24-/m0/s1. The maximum absolute atomic E-state index is 13.9. The van der Waals surface area contributed by atoms with Crippen molar-refractivity contribution in [1.29, 1.82) is 0 Å². The number of rotatable bonds is 9. The predicted octanol–water partition coefficient (Wildman–Crippen LogP) is 4.45. The summed E-state index contributed by atoms with van der Waals surface area (Å²) >= 11 is 0. The average molecular weight is 550 g/mol. The van der Waals surface area contributed by atoms with Gasteiger partial charge in [0.1, 0.15) is 23.4 Å². The number of hydrogen-bond donors (Lipinski definition) is 1. The molecule has 4 heterocycles. The molecule has 1 fully saturated rings. The van der Waals surface area contributed by atoms with E-state index >= 15 is 0 Å². The maximum Gasteiger partial charge on any atom is 0.313 e. The quantitative estimate of drug-likeness (QED) is 0.325. The number of aromatic nitrogens is 3. The van der Waals surface area contributed by atoms with Crippen LogP contribution in [0.2, 0.25) is 0 Å². The molecule has 40 heavy (non-hydrogen) atoms. The minimum Gasteiger partial charge on any atom is -0.496 e. The second-order valence-electron chi connectivity index (χ2n) is 10.7. The van der Waals surface area contributed by atoms with Crippen LogP contribution < -0.4 is 10.3 Å². The molecule has 5 rings (SSSR count). The second kappa shape index (κ2) is 10.9. The molecule has 0 bridgehead atoms. The van der Waals surface area contributed by atoms with Crippen molar-refractivity contribution in [3.05, 3.63) is 75.5 Å². The number of nitrogens with zero attached hydrogens (tertiary/aromatic N) is 3. The average Bonchev–Trinajstić information content (AvgIpc) is 3.56. The molecule has 0 amide bonds. The molecule has 0 spiro atoms. The number of imidazole rings is 1. The Morgan fingerprint density at radius 1 is 1.25 bits per heavy atom. The molecular weight excluding hydrogens is 514 g/mol. The van der Waals surface area contributed by atoms with Gasteiger partial charge in [-0.25, -0.2) is 4.98 Å². The molecule has 0 unspecified atom stereocenters. The lowest BCUT2D eigenvalue weighted by Gasteiger charge is -2.29. The summed E-state index contributed by atoms with van der Waals surface area (Å²) in [6.07, 6.45) is 4.49. The summed E-state index contributed by atoms with van der Waals surface area (Å²) in [7, 11) is 3.48. The summed E-state index contributed by atoms with van der Waals surface area (Å²) in [5.41, 5.74) is 1.85. The van der Waals surface area contributed by atoms with Crippen LogP contribution in [0.25, 0.3) is 17.2 Å². The zero-order valence-electron chi connectivity index (χ0n) is 23.5. The van der Waals surface area contributed by atoms with Crippen molar-refractivity contribution in [2.24, 2.45) is 7.05 Å². The number of carboxylic acid groups (broad SMARTS) is 1. The third-order valence-electron chi connectivity index (χ3n) is 7.84. The van der Waals surface area contributed by atoms with E-state index in [0.29, 0.717) is 48.3 Å². The summed E-state index contributed by atoms with van der Waals surface area (Å²) in [5, 5.41) is 10.1. The first-order valence-electron chi connectivity index (χ1n) is 13.4. The monoisotopic (exact) mass is 549 g/mol. The number of hydrogen-bond acceptors (Lipinski definition) is 7. The van der Waals surface area contributed by atoms with E-state index in [4.69, 9.17) is 18.6 Å². The number of pyridine rings is 1. The molecule has 10 heteroatoms. The third kappa shape index (κ3) is 4.82. The first-order chi connectivity index (χ1) is 19.1. The summed E-state index contributed by atoms with van der Waals surface area (Å²) in [5.74, 6) is -0.0249. The van der Waals surface area contributed by atoms with Crippen LogP contribution in [0.4, 0.5) is 0 Å². The Morgan fingerprint density at radius 3 is 2.62 bits per heavy atom. The Bertz CT molecular complexity index is 1580. The van der Waals surface area contributed by atoms with E-state index in [2.05, 4.69) is 4.98 Å². The molecule has 1 aromatic carbocycles. The highest BCUT2D eigenvalue weighted by molar-refractivity contribution is 5.80. The number of aryl methyl sites for hydroxylation is 2. The molecule has 1 N–H and O–H groups in total. The van der Waals surface area contributed by atoms with Crippen LogP contribution in [-0.4, -0.2) is 51.5 Å². The van der Waals surface area contributed by atoms with Crippen LogP contribution in [0.3, 0.4) is 0 Å². The molecule has 10 nitrogen and oxygen atoms in total. The van der Waals surface area contributed by atoms with E-state index in [1.54, 1.807) is 37.6 Å². The van der Waals surface area contributed by atoms with Crippen molar-refractivity contribution in [1.82, 2.24) is 14.0 Å². The first-order valence-corrected chi connectivity index (χ1v) is 13.4. The molecule has 4 aromatic rings. The van der Waals surface area contributed by atoms with Gasteiger partial charge in [0.25, 0.3) is 5.56 Å². The van der Waals surface area contributed by atoms with Crippen LogP contribution in [0, 0.1) is 6.92 Å². The fourth-order valence-electron chi connectivity index (χ4n) is 5.55. The van der Waals surface area contributed by atoms with Gasteiger partial charge in [-0.3, -0.25) is 14.0 Å². The van der Waals surface area contributed by atoms with Crippen molar-refractivity contribution >= 4 is 11.6 Å². The number of methoxy groups -OCH3 is 1. The Hall–Kier alpha value is -3.89. The Balaban J connectivity index is 1.75. The minimum absolute atomic E-state index is 0.0152. The molecule has 0 saturated carbocycles. The molecule has 0 aliphatic carbocycles. The number of fused-ring (bicyclic) bond motifs is 1. The fourth-order valence-corrected chi connectivity index (χ4v) is 5.55. The molecular formula is C30H35N3O7. The molecule has 1 saturated heterocycles. The van der Waals surface area contributed by atoms with Gasteiger partial charge in [-0.1, -0.05) is 18.2 Å². The topological polar surface area (TPSA) is 117 Å². The van der Waals surface area contributed by atoms with E-state index in [-0.39, 0.29) is 11.7 Å². The van der Waals surface area contributed by atoms with Gasteiger partial charge < -0.3 is 28.3 Å². The Kier molecular flexibility index (Phi) is 7.57. The van der Waals surface area contributed by atoms with Crippen molar-refractivity contribution in [3.8, 4) is 17.3 Å². The summed E-state index contributed by atoms with van der Waals surface area (Å²) in [6, 6.07) is 9.44. The van der Waals surface area contributed by atoms with Crippen LogP contribution in [0.15, 0.2) is 52.0 Å². The van der Waals surface area contributed by atoms with Gasteiger partial charge in [0.15, 0.2) is 0 Å². The smallest absolute Gasteiger partial charge is 0.313 e. The number of para-hydroxylation sites is 1. The highest BCUT2D eigenvalue weighted by Crippen LogP contribution is 2.36. The molecule has 212 valence electrons. The Morgan fingerprint density at radius 2 is 1.98 bits per heavy atom. The number of carbonyl (C=O) groups is 1.